The molecule has 0 aliphatic heterocycles. The minimum absolute atomic E-state index is 0.00728. The summed E-state index contributed by atoms with van der Waals surface area (Å²) in [4.78, 5) is 36.7. The summed E-state index contributed by atoms with van der Waals surface area (Å²) in [6.45, 7) is 4.10. The molecule has 4 rings (SSSR count). The summed E-state index contributed by atoms with van der Waals surface area (Å²) in [7, 11) is 0. The standard InChI is InChI=1S/C27H32N2O5/c1-16(2)24(26(31)32)29-25(30)18-13-7-8-17(18)14-28-27(33)34-15-23-21-11-5-3-9-19(21)20-10-4-6-12-22(20)23/h3-6,9-12,16-18,23-24H,7-8,13-15H2,1-2H3,(H,28,33)(H,29,30)(H,31,32)/t17-,18-,24+/m0/s1. The van der Waals surface area contributed by atoms with Crippen LogP contribution in [0.1, 0.15) is 50.2 Å². The van der Waals surface area contributed by atoms with Crippen LogP contribution in [0.25, 0.3) is 11.1 Å². The van der Waals surface area contributed by atoms with E-state index in [1.807, 2.05) is 24.3 Å². The number of rotatable bonds is 8. The van der Waals surface area contributed by atoms with Gasteiger partial charge < -0.3 is 20.5 Å². The molecule has 0 spiro atoms. The molecule has 0 radical (unpaired) electrons. The van der Waals surface area contributed by atoms with Crippen LogP contribution in [0.3, 0.4) is 0 Å². The van der Waals surface area contributed by atoms with E-state index in [9.17, 15) is 19.5 Å². The van der Waals surface area contributed by atoms with Crippen molar-refractivity contribution in [2.45, 2.75) is 45.1 Å². The molecule has 2 aromatic carbocycles. The number of carboxylic acid groups (broad SMARTS) is 1. The number of benzene rings is 2. The number of hydrogen-bond donors (Lipinski definition) is 3. The molecule has 1 saturated carbocycles. The number of ether oxygens (including phenoxy) is 1. The molecule has 0 bridgehead atoms. The molecular weight excluding hydrogens is 432 g/mol. The van der Waals surface area contributed by atoms with Crippen LogP contribution in [0, 0.1) is 17.8 Å². The predicted molar refractivity (Wildman–Crippen MR) is 128 cm³/mol. The summed E-state index contributed by atoms with van der Waals surface area (Å²) in [5.41, 5.74) is 4.66. The van der Waals surface area contributed by atoms with Gasteiger partial charge in [-0.2, -0.15) is 0 Å². The average molecular weight is 465 g/mol. The van der Waals surface area contributed by atoms with E-state index in [0.29, 0.717) is 13.0 Å². The SMILES string of the molecule is CC(C)[C@@H](NC(=O)[C@H]1CCC[C@H]1CNC(=O)OCC1c2ccccc2-c2ccccc21)C(=O)O. The van der Waals surface area contributed by atoms with Gasteiger partial charge >= 0.3 is 12.1 Å². The van der Waals surface area contributed by atoms with E-state index in [1.165, 1.54) is 11.1 Å². The Morgan fingerprint density at radius 3 is 2.21 bits per heavy atom. The Balaban J connectivity index is 1.31. The van der Waals surface area contributed by atoms with Gasteiger partial charge in [-0.05, 0) is 46.9 Å². The average Bonchev–Trinajstić information content (AvgIpc) is 3.42. The Kier molecular flexibility index (Phi) is 7.20. The van der Waals surface area contributed by atoms with Gasteiger partial charge in [-0.25, -0.2) is 9.59 Å². The zero-order valence-corrected chi connectivity index (χ0v) is 19.6. The van der Waals surface area contributed by atoms with E-state index in [0.717, 1.165) is 24.0 Å². The number of aliphatic carboxylic acids is 1. The van der Waals surface area contributed by atoms with E-state index >= 15 is 0 Å². The number of carbonyl (C=O) groups is 3. The first kappa shape index (κ1) is 23.8. The van der Waals surface area contributed by atoms with Crippen molar-refractivity contribution in [3.63, 3.8) is 0 Å². The van der Waals surface area contributed by atoms with Gasteiger partial charge in [0.05, 0.1) is 0 Å². The summed E-state index contributed by atoms with van der Waals surface area (Å²) in [6, 6.07) is 15.4. The van der Waals surface area contributed by atoms with Crippen molar-refractivity contribution in [2.24, 2.45) is 17.8 Å². The highest BCUT2D eigenvalue weighted by atomic mass is 16.5. The topological polar surface area (TPSA) is 105 Å². The first-order chi connectivity index (χ1) is 16.4. The van der Waals surface area contributed by atoms with Crippen LogP contribution < -0.4 is 10.6 Å². The van der Waals surface area contributed by atoms with Crippen molar-refractivity contribution < 1.29 is 24.2 Å². The van der Waals surface area contributed by atoms with Crippen molar-refractivity contribution in [1.82, 2.24) is 10.6 Å². The maximum absolute atomic E-state index is 12.7. The van der Waals surface area contributed by atoms with Crippen LogP contribution in [0.5, 0.6) is 0 Å². The Morgan fingerprint density at radius 2 is 1.62 bits per heavy atom. The lowest BCUT2D eigenvalue weighted by Crippen LogP contribution is -2.48. The third kappa shape index (κ3) is 4.93. The van der Waals surface area contributed by atoms with Crippen LogP contribution in [-0.4, -0.2) is 42.3 Å². The minimum Gasteiger partial charge on any atom is -0.480 e. The third-order valence-corrected chi connectivity index (χ3v) is 7.08. The summed E-state index contributed by atoms with van der Waals surface area (Å²) in [5.74, 6) is -1.85. The van der Waals surface area contributed by atoms with Gasteiger partial charge in [-0.15, -0.1) is 0 Å². The summed E-state index contributed by atoms with van der Waals surface area (Å²) in [6.07, 6.45) is 1.86. The third-order valence-electron chi connectivity index (χ3n) is 7.08. The monoisotopic (exact) mass is 464 g/mol. The second kappa shape index (κ2) is 10.3. The molecule has 7 heteroatoms. The molecular formula is C27H32N2O5. The normalized spacial score (nSPS) is 19.9. The number of carboxylic acids is 1. The number of fused-ring (bicyclic) bond motifs is 3. The quantitative estimate of drug-likeness (QED) is 0.544. The lowest BCUT2D eigenvalue weighted by Gasteiger charge is -2.24. The summed E-state index contributed by atoms with van der Waals surface area (Å²) in [5, 5.41) is 14.9. The molecule has 2 amide bonds. The molecule has 2 aliphatic carbocycles. The van der Waals surface area contributed by atoms with Crippen molar-refractivity contribution >= 4 is 18.0 Å². The predicted octanol–water partition coefficient (Wildman–Crippen LogP) is 4.17. The molecule has 2 aromatic rings. The highest BCUT2D eigenvalue weighted by molar-refractivity contribution is 5.85. The maximum atomic E-state index is 12.7. The van der Waals surface area contributed by atoms with Gasteiger partial charge in [0.15, 0.2) is 0 Å². The van der Waals surface area contributed by atoms with Gasteiger partial charge in [0.2, 0.25) is 5.91 Å². The molecule has 3 atom stereocenters. The molecule has 180 valence electrons. The van der Waals surface area contributed by atoms with Crippen molar-refractivity contribution in [3.8, 4) is 11.1 Å². The molecule has 0 unspecified atom stereocenters. The largest absolute Gasteiger partial charge is 0.480 e. The highest BCUT2D eigenvalue weighted by Crippen LogP contribution is 2.44. The summed E-state index contributed by atoms with van der Waals surface area (Å²) < 4.78 is 5.59. The Morgan fingerprint density at radius 1 is 1.00 bits per heavy atom. The minimum atomic E-state index is -1.03. The fourth-order valence-corrected chi connectivity index (χ4v) is 5.26. The Labute approximate surface area is 199 Å². The Bertz CT molecular complexity index is 1020. The lowest BCUT2D eigenvalue weighted by atomic mass is 9.94. The number of hydrogen-bond acceptors (Lipinski definition) is 4. The highest BCUT2D eigenvalue weighted by Gasteiger charge is 2.36. The van der Waals surface area contributed by atoms with Crippen LogP contribution in [0.15, 0.2) is 48.5 Å². The molecule has 3 N–H and O–H groups in total. The van der Waals surface area contributed by atoms with E-state index < -0.39 is 18.1 Å². The van der Waals surface area contributed by atoms with E-state index in [1.54, 1.807) is 13.8 Å². The van der Waals surface area contributed by atoms with Crippen molar-refractivity contribution in [1.29, 1.82) is 0 Å². The lowest BCUT2D eigenvalue weighted by molar-refractivity contribution is -0.144. The molecule has 0 saturated heterocycles. The second-order valence-corrected chi connectivity index (χ2v) is 9.57. The number of amides is 2. The summed E-state index contributed by atoms with van der Waals surface area (Å²) >= 11 is 0. The Hall–Kier alpha value is -3.35. The fraction of sp³-hybridized carbons (Fsp3) is 0.444. The molecule has 1 fully saturated rings. The van der Waals surface area contributed by atoms with Gasteiger partial charge in [0, 0.05) is 18.4 Å². The maximum Gasteiger partial charge on any atom is 0.407 e. The molecule has 2 aliphatic rings. The van der Waals surface area contributed by atoms with Gasteiger partial charge in [-0.1, -0.05) is 68.8 Å². The molecule has 0 heterocycles. The molecule has 0 aromatic heterocycles. The molecule has 34 heavy (non-hydrogen) atoms. The first-order valence-corrected chi connectivity index (χ1v) is 12.0. The second-order valence-electron chi connectivity index (χ2n) is 9.57. The van der Waals surface area contributed by atoms with Crippen LogP contribution in [0.2, 0.25) is 0 Å². The van der Waals surface area contributed by atoms with Crippen LogP contribution in [0.4, 0.5) is 4.79 Å². The number of carbonyl (C=O) groups excluding carboxylic acids is 2. The van der Waals surface area contributed by atoms with E-state index in [-0.39, 0.29) is 36.2 Å². The smallest absolute Gasteiger partial charge is 0.407 e. The van der Waals surface area contributed by atoms with Crippen molar-refractivity contribution in [2.75, 3.05) is 13.2 Å². The first-order valence-electron chi connectivity index (χ1n) is 12.0. The van der Waals surface area contributed by atoms with Gasteiger partial charge in [0.1, 0.15) is 12.6 Å². The zero-order valence-electron chi connectivity index (χ0n) is 19.6. The van der Waals surface area contributed by atoms with E-state index in [4.69, 9.17) is 4.74 Å². The molecule has 7 nitrogen and oxygen atoms in total. The van der Waals surface area contributed by atoms with Crippen LogP contribution >= 0.6 is 0 Å². The van der Waals surface area contributed by atoms with Gasteiger partial charge in [0.25, 0.3) is 0 Å². The fourth-order valence-electron chi connectivity index (χ4n) is 5.26. The zero-order chi connectivity index (χ0) is 24.2. The van der Waals surface area contributed by atoms with E-state index in [2.05, 4.69) is 34.9 Å². The van der Waals surface area contributed by atoms with Gasteiger partial charge in [-0.3, -0.25) is 4.79 Å². The number of alkyl carbamates (subject to hydrolysis) is 1. The van der Waals surface area contributed by atoms with Crippen LogP contribution in [-0.2, 0) is 14.3 Å². The number of nitrogens with one attached hydrogen (secondary N) is 2. The van der Waals surface area contributed by atoms with Crippen molar-refractivity contribution in [3.05, 3.63) is 59.7 Å².